The Balaban J connectivity index is 1.26. The van der Waals surface area contributed by atoms with Gasteiger partial charge in [0.1, 0.15) is 16.9 Å². The highest BCUT2D eigenvalue weighted by molar-refractivity contribution is 8.00. The molecule has 32 heavy (non-hydrogen) atoms. The van der Waals surface area contributed by atoms with Crippen LogP contribution in [0, 0.1) is 0 Å². The van der Waals surface area contributed by atoms with Gasteiger partial charge in [-0.05, 0) is 48.8 Å². The van der Waals surface area contributed by atoms with E-state index >= 15 is 0 Å². The third kappa shape index (κ3) is 3.39. The number of furan rings is 1. The van der Waals surface area contributed by atoms with Crippen LogP contribution in [0.5, 0.6) is 0 Å². The Hall–Kier alpha value is -3.45. The van der Waals surface area contributed by atoms with Crippen LogP contribution in [-0.2, 0) is 17.6 Å². The Kier molecular flexibility index (Phi) is 4.76. The Morgan fingerprint density at radius 2 is 1.91 bits per heavy atom. The molecule has 158 valence electrons. The van der Waals surface area contributed by atoms with Crippen molar-refractivity contribution in [1.82, 2.24) is 15.0 Å². The lowest BCUT2D eigenvalue weighted by Crippen LogP contribution is -2.14. The number of benzene rings is 2. The minimum atomic E-state index is -0.0946. The van der Waals surface area contributed by atoms with E-state index in [0.717, 1.165) is 45.9 Å². The number of thioether (sulfide) groups is 1. The first kappa shape index (κ1) is 19.3. The van der Waals surface area contributed by atoms with E-state index in [-0.39, 0.29) is 11.7 Å². The van der Waals surface area contributed by atoms with Crippen molar-refractivity contribution in [1.29, 1.82) is 0 Å². The van der Waals surface area contributed by atoms with Gasteiger partial charge in [-0.3, -0.25) is 4.79 Å². The van der Waals surface area contributed by atoms with Gasteiger partial charge in [-0.25, -0.2) is 15.0 Å². The molecule has 7 heteroatoms. The minimum absolute atomic E-state index is 0.0946. The highest BCUT2D eigenvalue weighted by Crippen LogP contribution is 2.34. The van der Waals surface area contributed by atoms with E-state index in [9.17, 15) is 4.79 Å². The van der Waals surface area contributed by atoms with Gasteiger partial charge in [0.15, 0.2) is 5.58 Å². The Bertz CT molecular complexity index is 1490. The number of rotatable bonds is 4. The van der Waals surface area contributed by atoms with Gasteiger partial charge in [0, 0.05) is 16.8 Å². The highest BCUT2D eigenvalue weighted by Gasteiger charge is 2.19. The van der Waals surface area contributed by atoms with Gasteiger partial charge < -0.3 is 9.73 Å². The van der Waals surface area contributed by atoms with Gasteiger partial charge in [-0.2, -0.15) is 0 Å². The second-order valence-corrected chi connectivity index (χ2v) is 8.94. The van der Waals surface area contributed by atoms with Gasteiger partial charge in [-0.15, -0.1) is 0 Å². The zero-order valence-corrected chi connectivity index (χ0v) is 18.1. The van der Waals surface area contributed by atoms with Crippen LogP contribution in [0.1, 0.15) is 24.1 Å². The van der Waals surface area contributed by atoms with Gasteiger partial charge in [-0.1, -0.05) is 48.2 Å². The molecule has 6 rings (SSSR count). The molecule has 0 fully saturated rings. The van der Waals surface area contributed by atoms with E-state index < -0.39 is 0 Å². The Morgan fingerprint density at radius 1 is 1.03 bits per heavy atom. The lowest BCUT2D eigenvalue weighted by Gasteiger charge is -2.13. The summed E-state index contributed by atoms with van der Waals surface area (Å²) in [5.41, 5.74) is 5.17. The number of pyridine rings is 1. The van der Waals surface area contributed by atoms with Crippen LogP contribution in [-0.4, -0.2) is 26.6 Å². The fourth-order valence-corrected chi connectivity index (χ4v) is 5.09. The van der Waals surface area contributed by atoms with Crippen molar-refractivity contribution in [2.24, 2.45) is 0 Å². The van der Waals surface area contributed by atoms with Crippen LogP contribution in [0.4, 0.5) is 5.69 Å². The van der Waals surface area contributed by atoms with E-state index in [2.05, 4.69) is 21.4 Å². The molecule has 0 saturated heterocycles. The van der Waals surface area contributed by atoms with Crippen molar-refractivity contribution >= 4 is 56.3 Å². The topological polar surface area (TPSA) is 80.9 Å². The predicted molar refractivity (Wildman–Crippen MR) is 127 cm³/mol. The number of carbonyl (C=O) groups excluding carboxylic acids is 1. The molecule has 1 aliphatic rings. The molecule has 3 aromatic heterocycles. The second-order valence-electron chi connectivity index (χ2n) is 7.98. The first-order valence-corrected chi connectivity index (χ1v) is 11.7. The summed E-state index contributed by atoms with van der Waals surface area (Å²) in [6, 6.07) is 16.1. The van der Waals surface area contributed by atoms with Crippen molar-refractivity contribution in [3.63, 3.8) is 0 Å². The SMILES string of the molecule is O=C(CSc1ncnc2c1oc1nc3c(cc12)CCCC3)Nc1cccc2ccccc12. The van der Waals surface area contributed by atoms with Crippen LogP contribution in [0.25, 0.3) is 33.0 Å². The number of hydrogen-bond donors (Lipinski definition) is 1. The molecule has 1 N–H and O–H groups in total. The van der Waals surface area contributed by atoms with Crippen LogP contribution < -0.4 is 5.32 Å². The fraction of sp³-hybridized carbons (Fsp3) is 0.200. The average molecular weight is 441 g/mol. The maximum absolute atomic E-state index is 12.7. The van der Waals surface area contributed by atoms with Crippen molar-refractivity contribution in [2.75, 3.05) is 11.1 Å². The number of fused-ring (bicyclic) bond motifs is 5. The van der Waals surface area contributed by atoms with E-state index in [1.54, 1.807) is 0 Å². The maximum Gasteiger partial charge on any atom is 0.234 e. The zero-order chi connectivity index (χ0) is 21.5. The summed E-state index contributed by atoms with van der Waals surface area (Å²) in [6.07, 6.45) is 5.92. The Morgan fingerprint density at radius 3 is 2.88 bits per heavy atom. The van der Waals surface area contributed by atoms with Crippen molar-refractivity contribution in [3.8, 4) is 0 Å². The average Bonchev–Trinajstić information content (AvgIpc) is 3.19. The summed E-state index contributed by atoms with van der Waals surface area (Å²) in [4.78, 5) is 26.3. The monoisotopic (exact) mass is 440 g/mol. The molecule has 0 radical (unpaired) electrons. The standard InChI is InChI=1S/C25H20N4O2S/c30-21(28-20-11-5-8-15-6-1-3-9-17(15)20)13-32-25-23-22(26-14-27-25)18-12-16-7-2-4-10-19(16)29-24(18)31-23/h1,3,5-6,8-9,11-12,14H,2,4,7,10,13H2,(H,28,30). The summed E-state index contributed by atoms with van der Waals surface area (Å²) >= 11 is 1.35. The molecule has 0 saturated carbocycles. The first-order chi connectivity index (χ1) is 15.8. The number of nitrogens with one attached hydrogen (secondary N) is 1. The second kappa shape index (κ2) is 7.91. The molecule has 3 heterocycles. The number of amides is 1. The number of anilines is 1. The largest absolute Gasteiger partial charge is 0.433 e. The smallest absolute Gasteiger partial charge is 0.234 e. The lowest BCUT2D eigenvalue weighted by atomic mass is 9.95. The summed E-state index contributed by atoms with van der Waals surface area (Å²) in [5, 5.41) is 6.70. The lowest BCUT2D eigenvalue weighted by molar-refractivity contribution is -0.113. The normalized spacial score (nSPS) is 13.5. The molecular weight excluding hydrogens is 420 g/mol. The molecule has 6 nitrogen and oxygen atoms in total. The van der Waals surface area contributed by atoms with Crippen LogP contribution >= 0.6 is 11.8 Å². The van der Waals surface area contributed by atoms with Gasteiger partial charge in [0.2, 0.25) is 11.6 Å². The first-order valence-electron chi connectivity index (χ1n) is 10.7. The third-order valence-electron chi connectivity index (χ3n) is 5.89. The van der Waals surface area contributed by atoms with E-state index in [1.165, 1.54) is 36.5 Å². The van der Waals surface area contributed by atoms with Gasteiger partial charge >= 0.3 is 0 Å². The van der Waals surface area contributed by atoms with E-state index in [1.807, 2.05) is 42.5 Å². The summed E-state index contributed by atoms with van der Waals surface area (Å²) in [5.74, 6) is 0.124. The van der Waals surface area contributed by atoms with Crippen molar-refractivity contribution in [2.45, 2.75) is 30.7 Å². The summed E-state index contributed by atoms with van der Waals surface area (Å²) in [6.45, 7) is 0. The maximum atomic E-state index is 12.7. The fourth-order valence-electron chi connectivity index (χ4n) is 4.36. The van der Waals surface area contributed by atoms with Crippen molar-refractivity contribution in [3.05, 3.63) is 66.1 Å². The predicted octanol–water partition coefficient (Wildman–Crippen LogP) is 5.53. The van der Waals surface area contributed by atoms with Crippen LogP contribution in [0.3, 0.4) is 0 Å². The van der Waals surface area contributed by atoms with Crippen LogP contribution in [0.2, 0.25) is 0 Å². The highest BCUT2D eigenvalue weighted by atomic mass is 32.2. The molecule has 0 atom stereocenters. The molecule has 1 aliphatic carbocycles. The van der Waals surface area contributed by atoms with E-state index in [4.69, 9.17) is 9.40 Å². The molecule has 2 aromatic carbocycles. The zero-order valence-electron chi connectivity index (χ0n) is 17.3. The third-order valence-corrected chi connectivity index (χ3v) is 6.87. The molecule has 1 amide bonds. The van der Waals surface area contributed by atoms with E-state index in [0.29, 0.717) is 16.3 Å². The molecule has 0 spiro atoms. The van der Waals surface area contributed by atoms with Gasteiger partial charge in [0.05, 0.1) is 11.1 Å². The van der Waals surface area contributed by atoms with Crippen LogP contribution in [0.15, 0.2) is 64.3 Å². The Labute approximate surface area is 188 Å². The summed E-state index contributed by atoms with van der Waals surface area (Å²) < 4.78 is 6.07. The minimum Gasteiger partial charge on any atom is -0.433 e. The quantitative estimate of drug-likeness (QED) is 0.292. The molecule has 0 aliphatic heterocycles. The number of aromatic nitrogens is 3. The number of aryl methyl sites for hydroxylation is 2. The van der Waals surface area contributed by atoms with Gasteiger partial charge in [0.25, 0.3) is 0 Å². The van der Waals surface area contributed by atoms with Crippen molar-refractivity contribution < 1.29 is 9.21 Å². The molecule has 5 aromatic rings. The molecular formula is C25H20N4O2S. The molecule has 0 unspecified atom stereocenters. The summed E-state index contributed by atoms with van der Waals surface area (Å²) in [7, 11) is 0. The molecule has 0 bridgehead atoms. The number of hydrogen-bond acceptors (Lipinski definition) is 6. The number of carbonyl (C=O) groups is 1. The number of nitrogens with zero attached hydrogens (tertiary/aromatic N) is 3.